The molecule has 0 aliphatic carbocycles. The van der Waals surface area contributed by atoms with Crippen LogP contribution in [0.15, 0.2) is 5.38 Å². The minimum atomic E-state index is -2.27. The molecule has 0 N–H and O–H groups in total. The van der Waals surface area contributed by atoms with Gasteiger partial charge in [-0.2, -0.15) is 5.06 Å². The Balaban J connectivity index is 3.46. The van der Waals surface area contributed by atoms with E-state index in [0.717, 1.165) is 0 Å². The largest absolute Gasteiger partial charge is 0.461 e. The summed E-state index contributed by atoms with van der Waals surface area (Å²) in [5, 5.41) is 3.65. The van der Waals surface area contributed by atoms with Crippen LogP contribution in [0.4, 0.5) is 4.79 Å². The van der Waals surface area contributed by atoms with Crippen molar-refractivity contribution < 1.29 is 28.3 Å². The molecule has 0 aliphatic rings. The van der Waals surface area contributed by atoms with Crippen molar-refractivity contribution in [2.45, 2.75) is 117 Å². The second-order valence-electron chi connectivity index (χ2n) is 12.2. The first-order chi connectivity index (χ1) is 17.4. The van der Waals surface area contributed by atoms with Gasteiger partial charge in [0.1, 0.15) is 10.6 Å². The number of rotatable bonds is 13. The molecule has 2 atom stereocenters. The summed E-state index contributed by atoms with van der Waals surface area (Å²) in [6.45, 7) is 22.7. The highest BCUT2D eigenvalue weighted by atomic mass is 32.1. The fraction of sp³-hybridized carbons (Fsp3) is 0.750. The minimum absolute atomic E-state index is 0.00477. The predicted octanol–water partition coefficient (Wildman–Crippen LogP) is 7.38. The molecule has 0 saturated carbocycles. The first kappa shape index (κ1) is 34.1. The summed E-state index contributed by atoms with van der Waals surface area (Å²) in [6, 6.07) is -0.389. The molecule has 0 unspecified atom stereocenters. The SMILES string of the molecule is C#CCCCON(C(=O)OC(C)(C)C)[C@H](C[C@@H](O[Si](C)(C)C(C)(C)C)c1nc(C(=O)OCC)cs1)C(C)C. The van der Waals surface area contributed by atoms with E-state index in [1.165, 1.54) is 16.4 Å². The van der Waals surface area contributed by atoms with Crippen molar-refractivity contribution in [1.82, 2.24) is 10.0 Å². The van der Waals surface area contributed by atoms with Crippen LogP contribution in [0.25, 0.3) is 0 Å². The van der Waals surface area contributed by atoms with Crippen molar-refractivity contribution in [2.24, 2.45) is 5.92 Å². The maximum absolute atomic E-state index is 13.3. The van der Waals surface area contributed by atoms with Gasteiger partial charge in [0.2, 0.25) is 0 Å². The van der Waals surface area contributed by atoms with Crippen molar-refractivity contribution in [1.29, 1.82) is 0 Å². The number of aromatic nitrogens is 1. The van der Waals surface area contributed by atoms with E-state index in [9.17, 15) is 9.59 Å². The number of carbonyl (C=O) groups excluding carboxylic acids is 2. The third-order valence-electron chi connectivity index (χ3n) is 6.32. The monoisotopic (exact) mass is 568 g/mol. The Bertz CT molecular complexity index is 942. The first-order valence-corrected chi connectivity index (χ1v) is 17.1. The number of ether oxygens (including phenoxy) is 2. The van der Waals surface area contributed by atoms with Crippen LogP contribution in [-0.4, -0.2) is 55.3 Å². The van der Waals surface area contributed by atoms with Gasteiger partial charge in [-0.15, -0.1) is 23.7 Å². The summed E-state index contributed by atoms with van der Waals surface area (Å²) in [4.78, 5) is 36.3. The fourth-order valence-corrected chi connectivity index (χ4v) is 5.44. The Kier molecular flexibility index (Phi) is 13.0. The zero-order valence-corrected chi connectivity index (χ0v) is 27.0. The topological polar surface area (TPSA) is 87.2 Å². The molecule has 10 heteroatoms. The van der Waals surface area contributed by atoms with Gasteiger partial charge in [-0.05, 0) is 58.2 Å². The van der Waals surface area contributed by atoms with Crippen molar-refractivity contribution in [2.75, 3.05) is 13.2 Å². The van der Waals surface area contributed by atoms with Gasteiger partial charge in [0.25, 0.3) is 0 Å². The molecule has 38 heavy (non-hydrogen) atoms. The third-order valence-corrected chi connectivity index (χ3v) is 11.7. The Morgan fingerprint density at radius 2 is 1.82 bits per heavy atom. The third kappa shape index (κ3) is 10.7. The van der Waals surface area contributed by atoms with Crippen LogP contribution in [0.2, 0.25) is 18.1 Å². The maximum atomic E-state index is 13.3. The Morgan fingerprint density at radius 1 is 1.18 bits per heavy atom. The number of amides is 1. The van der Waals surface area contributed by atoms with Crippen molar-refractivity contribution in [3.63, 3.8) is 0 Å². The molecule has 0 aliphatic heterocycles. The summed E-state index contributed by atoms with van der Waals surface area (Å²) in [7, 11) is -2.27. The lowest BCUT2D eigenvalue weighted by atomic mass is 9.98. The van der Waals surface area contributed by atoms with E-state index in [2.05, 4.69) is 44.8 Å². The van der Waals surface area contributed by atoms with Crippen LogP contribution in [0, 0.1) is 18.3 Å². The number of hydroxylamine groups is 2. The van der Waals surface area contributed by atoms with Gasteiger partial charge < -0.3 is 13.9 Å². The highest BCUT2D eigenvalue weighted by molar-refractivity contribution is 7.09. The summed E-state index contributed by atoms with van der Waals surface area (Å²) in [5.74, 6) is 2.14. The van der Waals surface area contributed by atoms with Crippen LogP contribution in [0.1, 0.15) is 103 Å². The van der Waals surface area contributed by atoms with Crippen molar-refractivity contribution in [3.8, 4) is 12.3 Å². The van der Waals surface area contributed by atoms with E-state index in [-0.39, 0.29) is 35.9 Å². The van der Waals surface area contributed by atoms with Gasteiger partial charge in [0, 0.05) is 18.2 Å². The van der Waals surface area contributed by atoms with E-state index in [1.54, 1.807) is 12.3 Å². The van der Waals surface area contributed by atoms with Gasteiger partial charge in [0.05, 0.1) is 25.4 Å². The molecule has 0 bridgehead atoms. The molecule has 0 spiro atoms. The van der Waals surface area contributed by atoms with Gasteiger partial charge in [-0.1, -0.05) is 34.6 Å². The lowest BCUT2D eigenvalue weighted by Gasteiger charge is -2.41. The molecule has 1 amide bonds. The summed E-state index contributed by atoms with van der Waals surface area (Å²) < 4.78 is 17.7. The number of unbranched alkanes of at least 4 members (excludes halogenated alkanes) is 1. The van der Waals surface area contributed by atoms with Crippen LogP contribution >= 0.6 is 11.3 Å². The molecule has 216 valence electrons. The normalized spacial score (nSPS) is 14.1. The predicted molar refractivity (Wildman–Crippen MR) is 154 cm³/mol. The molecule has 1 aromatic heterocycles. The highest BCUT2D eigenvalue weighted by Crippen LogP contribution is 2.42. The van der Waals surface area contributed by atoms with Crippen LogP contribution in [0.5, 0.6) is 0 Å². The Morgan fingerprint density at radius 3 is 2.32 bits per heavy atom. The van der Waals surface area contributed by atoms with E-state index in [4.69, 9.17) is 25.2 Å². The Labute approximate surface area is 234 Å². The average molecular weight is 569 g/mol. The van der Waals surface area contributed by atoms with E-state index in [0.29, 0.717) is 24.3 Å². The van der Waals surface area contributed by atoms with Crippen molar-refractivity contribution in [3.05, 3.63) is 16.1 Å². The van der Waals surface area contributed by atoms with Gasteiger partial charge in [0.15, 0.2) is 14.0 Å². The van der Waals surface area contributed by atoms with Gasteiger partial charge >= 0.3 is 12.1 Å². The smallest absolute Gasteiger partial charge is 0.434 e. The molecule has 0 aromatic carbocycles. The first-order valence-electron chi connectivity index (χ1n) is 13.3. The average Bonchev–Trinajstić information content (AvgIpc) is 3.25. The van der Waals surface area contributed by atoms with E-state index >= 15 is 0 Å². The minimum Gasteiger partial charge on any atom is -0.461 e. The molecule has 1 aromatic rings. The summed E-state index contributed by atoms with van der Waals surface area (Å²) >= 11 is 1.36. The number of hydrogen-bond donors (Lipinski definition) is 0. The highest BCUT2D eigenvalue weighted by Gasteiger charge is 2.42. The quantitative estimate of drug-likeness (QED) is 0.0806. The number of terminal acetylenes is 1. The van der Waals surface area contributed by atoms with Crippen LogP contribution < -0.4 is 0 Å². The van der Waals surface area contributed by atoms with Gasteiger partial charge in [-0.25, -0.2) is 14.6 Å². The molecular formula is C28H48N2O6SSi. The second-order valence-corrected chi connectivity index (χ2v) is 17.8. The summed E-state index contributed by atoms with van der Waals surface area (Å²) in [6.07, 6.45) is 5.94. The second kappa shape index (κ2) is 14.5. The maximum Gasteiger partial charge on any atom is 0.434 e. The molecule has 0 radical (unpaired) electrons. The lowest BCUT2D eigenvalue weighted by molar-refractivity contribution is -0.183. The number of hydrogen-bond acceptors (Lipinski definition) is 8. The zero-order valence-electron chi connectivity index (χ0n) is 25.2. The van der Waals surface area contributed by atoms with Gasteiger partial charge in [-0.3, -0.25) is 4.84 Å². The molecule has 0 saturated heterocycles. The van der Waals surface area contributed by atoms with Crippen LogP contribution in [0.3, 0.4) is 0 Å². The number of carbonyl (C=O) groups is 2. The Hall–Kier alpha value is -1.93. The number of thiazole rings is 1. The zero-order chi connectivity index (χ0) is 29.3. The molecule has 8 nitrogen and oxygen atoms in total. The molecular weight excluding hydrogens is 520 g/mol. The number of esters is 1. The molecule has 1 heterocycles. The molecule has 0 fully saturated rings. The van der Waals surface area contributed by atoms with E-state index in [1.807, 2.05) is 34.6 Å². The molecule has 1 rings (SSSR count). The lowest BCUT2D eigenvalue weighted by Crippen LogP contribution is -2.48. The van der Waals surface area contributed by atoms with Crippen LogP contribution in [-0.2, 0) is 18.7 Å². The van der Waals surface area contributed by atoms with E-state index < -0.39 is 32.1 Å². The summed E-state index contributed by atoms with van der Waals surface area (Å²) in [5.41, 5.74) is -0.439. The van der Waals surface area contributed by atoms with Crippen molar-refractivity contribution >= 4 is 31.7 Å². The fourth-order valence-electron chi connectivity index (χ4n) is 3.25. The standard InChI is InChI=1S/C28H48N2O6SSi/c1-13-15-16-17-34-30(26(32)35-27(5,6)7)22(20(3)4)18-23(36-38(11,12)28(8,9)10)24-29-21(19-37-24)25(31)33-14-2/h1,19-20,22-23H,14-18H2,2-12H3/t22-,23-/m1/s1. The number of nitrogens with zero attached hydrogens (tertiary/aromatic N) is 2.